The highest BCUT2D eigenvalue weighted by Gasteiger charge is 2.33. The first kappa shape index (κ1) is 14.0. The van der Waals surface area contributed by atoms with E-state index >= 15 is 0 Å². The van der Waals surface area contributed by atoms with E-state index < -0.39 is 17.4 Å². The number of carboxylic acids is 1. The van der Waals surface area contributed by atoms with Gasteiger partial charge in [0.15, 0.2) is 0 Å². The number of aliphatic carboxylic acids is 1. The number of fused-ring (bicyclic) bond motifs is 1. The molecule has 0 aliphatic rings. The Morgan fingerprint density at radius 1 is 1.30 bits per heavy atom. The molecule has 104 valence electrons. The highest BCUT2D eigenvalue weighted by Crippen LogP contribution is 2.18. The fraction of sp³-hybridized carbons (Fsp3) is 0.267. The molecular weight excluding hydrogens is 256 g/mol. The van der Waals surface area contributed by atoms with Gasteiger partial charge in [-0.1, -0.05) is 31.2 Å². The van der Waals surface area contributed by atoms with Crippen LogP contribution in [-0.2, 0) is 4.79 Å². The summed E-state index contributed by atoms with van der Waals surface area (Å²) in [7, 11) is 0. The Kier molecular flexibility index (Phi) is 3.70. The Balaban J connectivity index is 2.40. The van der Waals surface area contributed by atoms with Gasteiger partial charge in [0.05, 0.1) is 0 Å². The number of amides is 1. The van der Waals surface area contributed by atoms with Crippen LogP contribution in [0.15, 0.2) is 36.5 Å². The first-order valence-corrected chi connectivity index (χ1v) is 6.37. The van der Waals surface area contributed by atoms with Crippen LogP contribution in [0.25, 0.3) is 10.8 Å². The van der Waals surface area contributed by atoms with Gasteiger partial charge in [-0.3, -0.25) is 9.78 Å². The summed E-state index contributed by atoms with van der Waals surface area (Å²) in [6, 6.07) is 9.17. The Labute approximate surface area is 116 Å². The van der Waals surface area contributed by atoms with Gasteiger partial charge in [0.25, 0.3) is 5.91 Å². The van der Waals surface area contributed by atoms with Gasteiger partial charge in [-0.05, 0) is 24.8 Å². The van der Waals surface area contributed by atoms with Crippen LogP contribution >= 0.6 is 0 Å². The van der Waals surface area contributed by atoms with Gasteiger partial charge in [0.2, 0.25) is 0 Å². The van der Waals surface area contributed by atoms with Crippen molar-refractivity contribution in [2.24, 2.45) is 0 Å². The summed E-state index contributed by atoms with van der Waals surface area (Å²) in [6.45, 7) is 3.20. The predicted octanol–water partition coefficient (Wildman–Crippen LogP) is 2.22. The smallest absolute Gasteiger partial charge is 0.329 e. The zero-order valence-corrected chi connectivity index (χ0v) is 11.4. The summed E-state index contributed by atoms with van der Waals surface area (Å²) < 4.78 is 0. The van der Waals surface area contributed by atoms with Crippen LogP contribution in [0.3, 0.4) is 0 Å². The summed E-state index contributed by atoms with van der Waals surface area (Å²) in [5.74, 6) is -1.54. The quantitative estimate of drug-likeness (QED) is 0.894. The third kappa shape index (κ3) is 2.47. The van der Waals surface area contributed by atoms with Crippen LogP contribution in [0, 0.1) is 0 Å². The average Bonchev–Trinajstić information content (AvgIpc) is 2.46. The third-order valence-electron chi connectivity index (χ3n) is 3.46. The summed E-state index contributed by atoms with van der Waals surface area (Å²) in [5, 5.41) is 13.4. The van der Waals surface area contributed by atoms with Crippen LogP contribution in [0.4, 0.5) is 0 Å². The second-order valence-electron chi connectivity index (χ2n) is 4.83. The molecule has 2 N–H and O–H groups in total. The number of carbonyl (C=O) groups excluding carboxylic acids is 1. The van der Waals surface area contributed by atoms with Crippen molar-refractivity contribution in [2.45, 2.75) is 25.8 Å². The van der Waals surface area contributed by atoms with Crippen LogP contribution in [0.5, 0.6) is 0 Å². The maximum absolute atomic E-state index is 12.3. The van der Waals surface area contributed by atoms with Crippen LogP contribution in [-0.4, -0.2) is 27.5 Å². The molecule has 0 aliphatic carbocycles. The van der Waals surface area contributed by atoms with Crippen molar-refractivity contribution in [3.8, 4) is 0 Å². The lowest BCUT2D eigenvalue weighted by Gasteiger charge is -2.24. The van der Waals surface area contributed by atoms with Crippen molar-refractivity contribution in [3.05, 3.63) is 42.2 Å². The zero-order chi connectivity index (χ0) is 14.8. The molecule has 0 fully saturated rings. The van der Waals surface area contributed by atoms with E-state index in [9.17, 15) is 14.7 Å². The van der Waals surface area contributed by atoms with Crippen LogP contribution in [0.1, 0.15) is 30.8 Å². The molecule has 20 heavy (non-hydrogen) atoms. The molecule has 0 radical (unpaired) electrons. The number of pyridine rings is 1. The van der Waals surface area contributed by atoms with E-state index in [1.54, 1.807) is 19.2 Å². The lowest BCUT2D eigenvalue weighted by Crippen LogP contribution is -2.51. The van der Waals surface area contributed by atoms with Gasteiger partial charge in [0.1, 0.15) is 11.2 Å². The summed E-state index contributed by atoms with van der Waals surface area (Å²) in [6.07, 6.45) is 1.83. The number of nitrogens with one attached hydrogen (secondary N) is 1. The summed E-state index contributed by atoms with van der Waals surface area (Å²) in [4.78, 5) is 27.6. The fourth-order valence-corrected chi connectivity index (χ4v) is 1.90. The average molecular weight is 272 g/mol. The lowest BCUT2D eigenvalue weighted by molar-refractivity contribution is -0.143. The molecule has 1 unspecified atom stereocenters. The van der Waals surface area contributed by atoms with E-state index in [2.05, 4.69) is 10.3 Å². The largest absolute Gasteiger partial charge is 0.480 e. The molecule has 0 bridgehead atoms. The summed E-state index contributed by atoms with van der Waals surface area (Å²) >= 11 is 0. The zero-order valence-electron chi connectivity index (χ0n) is 11.4. The van der Waals surface area contributed by atoms with Crippen molar-refractivity contribution in [1.82, 2.24) is 10.3 Å². The van der Waals surface area contributed by atoms with Gasteiger partial charge in [-0.15, -0.1) is 0 Å². The van der Waals surface area contributed by atoms with Crippen molar-refractivity contribution in [3.63, 3.8) is 0 Å². The topological polar surface area (TPSA) is 79.3 Å². The molecular formula is C15H16N2O3. The highest BCUT2D eigenvalue weighted by atomic mass is 16.4. The van der Waals surface area contributed by atoms with Crippen LogP contribution in [0.2, 0.25) is 0 Å². The molecule has 1 aromatic heterocycles. The number of aromatic nitrogens is 1. The van der Waals surface area contributed by atoms with E-state index in [0.29, 0.717) is 11.8 Å². The SMILES string of the molecule is CCC(C)(NC(=O)c1nccc2ccccc12)C(=O)O. The number of hydrogen-bond donors (Lipinski definition) is 2. The number of rotatable bonds is 4. The molecule has 1 amide bonds. The maximum atomic E-state index is 12.3. The summed E-state index contributed by atoms with van der Waals surface area (Å²) in [5.41, 5.74) is -1.06. The Hall–Kier alpha value is -2.43. The molecule has 2 rings (SSSR count). The van der Waals surface area contributed by atoms with E-state index in [1.807, 2.05) is 24.3 Å². The molecule has 5 nitrogen and oxygen atoms in total. The van der Waals surface area contributed by atoms with Crippen molar-refractivity contribution in [2.75, 3.05) is 0 Å². The normalized spacial score (nSPS) is 13.7. The van der Waals surface area contributed by atoms with Gasteiger partial charge >= 0.3 is 5.97 Å². The van der Waals surface area contributed by atoms with E-state index in [0.717, 1.165) is 5.39 Å². The van der Waals surface area contributed by atoms with E-state index in [-0.39, 0.29) is 5.69 Å². The molecule has 0 saturated heterocycles. The molecule has 0 spiro atoms. The minimum atomic E-state index is -1.30. The van der Waals surface area contributed by atoms with Gasteiger partial charge in [-0.25, -0.2) is 4.79 Å². The number of carbonyl (C=O) groups is 2. The highest BCUT2D eigenvalue weighted by molar-refractivity contribution is 6.06. The van der Waals surface area contributed by atoms with Crippen LogP contribution < -0.4 is 5.32 Å². The molecule has 1 atom stereocenters. The minimum absolute atomic E-state index is 0.240. The monoisotopic (exact) mass is 272 g/mol. The van der Waals surface area contributed by atoms with Gasteiger partial charge < -0.3 is 10.4 Å². The number of benzene rings is 1. The standard InChI is InChI=1S/C15H16N2O3/c1-3-15(2,14(19)20)17-13(18)12-11-7-5-4-6-10(11)8-9-16-12/h4-9H,3H2,1-2H3,(H,17,18)(H,19,20). The first-order valence-electron chi connectivity index (χ1n) is 6.37. The number of nitrogens with zero attached hydrogens (tertiary/aromatic N) is 1. The Bertz CT molecular complexity index is 664. The molecule has 2 aromatic rings. The van der Waals surface area contributed by atoms with Crippen molar-refractivity contribution in [1.29, 1.82) is 0 Å². The Morgan fingerprint density at radius 3 is 2.65 bits per heavy atom. The van der Waals surface area contributed by atoms with E-state index in [4.69, 9.17) is 0 Å². The number of hydrogen-bond acceptors (Lipinski definition) is 3. The van der Waals surface area contributed by atoms with Crippen molar-refractivity contribution >= 4 is 22.6 Å². The molecule has 0 saturated carbocycles. The van der Waals surface area contributed by atoms with Gasteiger partial charge in [-0.2, -0.15) is 0 Å². The second kappa shape index (κ2) is 5.28. The molecule has 0 aliphatic heterocycles. The fourth-order valence-electron chi connectivity index (χ4n) is 1.90. The Morgan fingerprint density at radius 2 is 2.00 bits per heavy atom. The second-order valence-corrected chi connectivity index (χ2v) is 4.83. The molecule has 5 heteroatoms. The minimum Gasteiger partial charge on any atom is -0.480 e. The first-order chi connectivity index (χ1) is 9.48. The lowest BCUT2D eigenvalue weighted by atomic mass is 9.98. The predicted molar refractivity (Wildman–Crippen MR) is 75.5 cm³/mol. The van der Waals surface area contributed by atoms with E-state index in [1.165, 1.54) is 6.92 Å². The number of carboxylic acid groups (broad SMARTS) is 1. The van der Waals surface area contributed by atoms with Gasteiger partial charge in [0, 0.05) is 11.6 Å². The maximum Gasteiger partial charge on any atom is 0.329 e. The molecule has 1 heterocycles. The third-order valence-corrected chi connectivity index (χ3v) is 3.46. The molecule has 1 aromatic carbocycles. The van der Waals surface area contributed by atoms with Crippen molar-refractivity contribution < 1.29 is 14.7 Å².